The van der Waals surface area contributed by atoms with Crippen molar-refractivity contribution in [3.8, 4) is 0 Å². The minimum atomic E-state index is -5.03. The summed E-state index contributed by atoms with van der Waals surface area (Å²) < 4.78 is 35.2. The Morgan fingerprint density at radius 1 is 0.657 bits per heavy atom. The van der Waals surface area contributed by atoms with Crippen molar-refractivity contribution >= 4 is 58.9 Å². The molecule has 2 N–H and O–H groups in total. The maximum Gasteiger partial charge on any atom is 0.473 e. The van der Waals surface area contributed by atoms with Crippen molar-refractivity contribution in [2.24, 2.45) is 0 Å². The van der Waals surface area contributed by atoms with Gasteiger partial charge in [0.1, 0.15) is 17.7 Å². The summed E-state index contributed by atoms with van der Waals surface area (Å²) in [6.45, 7) is 2.99. The molecule has 3 atom stereocenters. The number of hydrogen-bond acceptors (Lipinski definition) is 14. The van der Waals surface area contributed by atoms with Crippen LogP contribution in [0.4, 0.5) is 0 Å². The summed E-state index contributed by atoms with van der Waals surface area (Å²) in [7, 11) is -2.31. The maximum absolute atomic E-state index is 13.4. The van der Waals surface area contributed by atoms with Gasteiger partial charge < -0.3 is 14.4 Å². The number of phosphoric acid groups is 1. The highest BCUT2D eigenvalue weighted by atomic mass is 33.1. The molecule has 2 heterocycles. The molecule has 1 aliphatic rings. The SMILES string of the molecule is CCCCCCCCCCCCCCCCCC(=O)OCC(COP(=O)(O)OC(CNN1C(=O)CCC1=O)C(=O)CCSSc1ccccn1)OC(=O)CCCCCCCCCCCCCCCCC. The highest BCUT2D eigenvalue weighted by Gasteiger charge is 2.35. The number of carbonyl (C=O) groups excluding carboxylic acids is 5. The number of ketones is 1. The monoisotopic (exact) mass is 1040 g/mol. The van der Waals surface area contributed by atoms with Gasteiger partial charge in [0.25, 0.3) is 0 Å². The third-order valence-electron chi connectivity index (χ3n) is 12.4. The molecule has 1 aromatic heterocycles. The Morgan fingerprint density at radius 3 is 1.57 bits per heavy atom. The summed E-state index contributed by atoms with van der Waals surface area (Å²) in [5.74, 6) is -2.27. The van der Waals surface area contributed by atoms with Gasteiger partial charge in [-0.2, -0.15) is 0 Å². The van der Waals surface area contributed by atoms with Crippen LogP contribution in [0.1, 0.15) is 239 Å². The molecule has 1 fully saturated rings. The number of phosphoric ester groups is 1. The molecule has 0 radical (unpaired) electrons. The smallest absolute Gasteiger partial charge is 0.462 e. The average Bonchev–Trinajstić information content (AvgIpc) is 3.67. The number of esters is 2. The summed E-state index contributed by atoms with van der Waals surface area (Å²) in [4.78, 5) is 78.8. The number of nitrogens with one attached hydrogen (secondary N) is 1. The van der Waals surface area contributed by atoms with Crippen LogP contribution >= 0.6 is 29.4 Å². The molecule has 0 aliphatic carbocycles. The lowest BCUT2D eigenvalue weighted by atomic mass is 10.0. The number of carbonyl (C=O) groups is 5. The Bertz CT molecular complexity index is 1560. The minimum absolute atomic E-state index is 0.00209. The Kier molecular flexibility index (Phi) is 39.3. The first-order valence-electron chi connectivity index (χ1n) is 27.4. The predicted octanol–water partition coefficient (Wildman–Crippen LogP) is 13.9. The number of ether oxygens (including phenoxy) is 2. The number of hydrogen-bond donors (Lipinski definition) is 2. The van der Waals surface area contributed by atoms with E-state index in [0.717, 1.165) is 48.6 Å². The average molecular weight is 1040 g/mol. The van der Waals surface area contributed by atoms with Gasteiger partial charge in [0, 0.05) is 50.6 Å². The number of unbranched alkanes of at least 4 members (excludes halogenated alkanes) is 28. The summed E-state index contributed by atoms with van der Waals surface area (Å²) in [5.41, 5.74) is 2.58. The van der Waals surface area contributed by atoms with Crippen LogP contribution in [0.15, 0.2) is 29.4 Å². The van der Waals surface area contributed by atoms with Crippen LogP contribution in [0.2, 0.25) is 0 Å². The second kappa shape index (κ2) is 43.1. The molecular weight excluding hydrogens is 950 g/mol. The van der Waals surface area contributed by atoms with Crippen LogP contribution in [-0.4, -0.2) is 82.1 Å². The van der Waals surface area contributed by atoms with E-state index in [9.17, 15) is 33.4 Å². The van der Waals surface area contributed by atoms with Gasteiger partial charge in [-0.05, 0) is 35.8 Å². The van der Waals surface area contributed by atoms with E-state index in [1.807, 2.05) is 12.1 Å². The number of nitrogens with zero attached hydrogens (tertiary/aromatic N) is 2. The lowest BCUT2D eigenvalue weighted by Crippen LogP contribution is -2.47. The van der Waals surface area contributed by atoms with Crippen molar-refractivity contribution in [2.75, 3.05) is 25.5 Å². The Hall–Kier alpha value is -2.33. The van der Waals surface area contributed by atoms with Gasteiger partial charge in [-0.15, -0.1) is 0 Å². The molecular formula is C53H92N3O11PS2. The van der Waals surface area contributed by atoms with E-state index in [-0.39, 0.29) is 32.1 Å². The van der Waals surface area contributed by atoms with Gasteiger partial charge in [0.2, 0.25) is 11.8 Å². The molecule has 2 rings (SSSR count). The molecule has 0 bridgehead atoms. The number of aromatic nitrogens is 1. The molecule has 1 aromatic rings. The van der Waals surface area contributed by atoms with E-state index in [0.29, 0.717) is 18.6 Å². The molecule has 1 saturated heterocycles. The van der Waals surface area contributed by atoms with E-state index < -0.39 is 69.3 Å². The van der Waals surface area contributed by atoms with Crippen LogP contribution in [0.25, 0.3) is 0 Å². The highest BCUT2D eigenvalue weighted by molar-refractivity contribution is 8.76. The summed E-state index contributed by atoms with van der Waals surface area (Å²) in [6.07, 6.45) is 35.1. The fourth-order valence-electron chi connectivity index (χ4n) is 8.21. The minimum Gasteiger partial charge on any atom is -0.462 e. The topological polar surface area (TPSA) is 188 Å². The van der Waals surface area contributed by atoms with E-state index in [4.69, 9.17) is 18.5 Å². The standard InChI is InChI=1S/C53H92N3O11PS2/c1-3-5-7-9-11-13-15-17-19-21-23-25-27-29-31-36-52(60)64-44-46(66-53(61)37-32-30-28-26-24-22-20-18-16-14-12-10-8-6-4-2)45-65-68(62,63)67-48(43-55-56-50(58)38-39-51(56)59)47(57)40-42-69-70-49-35-33-34-41-54-49/h33-35,41,46,48,55H,3-32,36-40,42-45H2,1-2H3,(H,62,63). The van der Waals surface area contributed by atoms with Crippen molar-refractivity contribution in [1.82, 2.24) is 15.4 Å². The van der Waals surface area contributed by atoms with Gasteiger partial charge in [-0.1, -0.05) is 210 Å². The highest BCUT2D eigenvalue weighted by Crippen LogP contribution is 2.45. The molecule has 0 spiro atoms. The van der Waals surface area contributed by atoms with E-state index >= 15 is 0 Å². The van der Waals surface area contributed by atoms with Gasteiger partial charge in [0.05, 0.1) is 6.61 Å². The van der Waals surface area contributed by atoms with Crippen molar-refractivity contribution in [3.63, 3.8) is 0 Å². The Morgan fingerprint density at radius 2 is 1.11 bits per heavy atom. The Labute approximate surface area is 430 Å². The maximum atomic E-state index is 13.4. The summed E-state index contributed by atoms with van der Waals surface area (Å²) in [6, 6.07) is 5.46. The number of Topliss-reactive ketones (excluding diaryl/α,β-unsaturated/α-hetero) is 1. The first-order valence-corrected chi connectivity index (χ1v) is 31.2. The number of rotatable bonds is 49. The van der Waals surface area contributed by atoms with Gasteiger partial charge in [0.15, 0.2) is 11.9 Å². The number of imide groups is 1. The number of amides is 2. The predicted molar refractivity (Wildman–Crippen MR) is 282 cm³/mol. The van der Waals surface area contributed by atoms with Crippen LogP contribution < -0.4 is 5.43 Å². The Balaban J connectivity index is 1.85. The zero-order valence-corrected chi connectivity index (χ0v) is 45.8. The zero-order valence-electron chi connectivity index (χ0n) is 43.2. The summed E-state index contributed by atoms with van der Waals surface area (Å²) >= 11 is 0. The third-order valence-corrected chi connectivity index (χ3v) is 15.7. The second-order valence-corrected chi connectivity index (χ2v) is 22.7. The van der Waals surface area contributed by atoms with Crippen molar-refractivity contribution in [1.29, 1.82) is 0 Å². The molecule has 17 heteroatoms. The first-order chi connectivity index (χ1) is 34.0. The van der Waals surface area contributed by atoms with Gasteiger partial charge in [-0.3, -0.25) is 33.0 Å². The van der Waals surface area contributed by atoms with Crippen LogP contribution in [0, 0.1) is 0 Å². The lowest BCUT2D eigenvalue weighted by Gasteiger charge is -2.24. The van der Waals surface area contributed by atoms with Crippen molar-refractivity contribution < 1.29 is 52.0 Å². The molecule has 2 amide bonds. The van der Waals surface area contributed by atoms with E-state index in [1.165, 1.54) is 163 Å². The fraction of sp³-hybridized carbons (Fsp3) is 0.811. The zero-order chi connectivity index (χ0) is 50.8. The molecule has 3 unspecified atom stereocenters. The summed E-state index contributed by atoms with van der Waals surface area (Å²) in [5, 5.41) is 1.52. The molecule has 70 heavy (non-hydrogen) atoms. The van der Waals surface area contributed by atoms with Crippen molar-refractivity contribution in [3.05, 3.63) is 24.4 Å². The number of hydrazine groups is 1. The third kappa shape index (κ3) is 34.9. The van der Waals surface area contributed by atoms with Crippen LogP contribution in [0.5, 0.6) is 0 Å². The van der Waals surface area contributed by atoms with Crippen LogP contribution in [-0.2, 0) is 47.1 Å². The lowest BCUT2D eigenvalue weighted by molar-refractivity contribution is -0.161. The van der Waals surface area contributed by atoms with Crippen LogP contribution in [0.3, 0.4) is 0 Å². The number of pyridine rings is 1. The van der Waals surface area contributed by atoms with Crippen molar-refractivity contribution in [2.45, 2.75) is 256 Å². The second-order valence-electron chi connectivity index (χ2n) is 18.8. The van der Waals surface area contributed by atoms with E-state index in [1.54, 1.807) is 12.3 Å². The molecule has 0 saturated carbocycles. The molecule has 402 valence electrons. The quantitative estimate of drug-likeness (QED) is 0.0206. The van der Waals surface area contributed by atoms with E-state index in [2.05, 4.69) is 24.3 Å². The largest absolute Gasteiger partial charge is 0.473 e. The normalized spacial score (nSPS) is 14.5. The molecule has 1 aliphatic heterocycles. The fourth-order valence-corrected chi connectivity index (χ4v) is 11.0. The van der Waals surface area contributed by atoms with Gasteiger partial charge >= 0.3 is 19.8 Å². The first kappa shape index (κ1) is 63.8. The molecule has 14 nitrogen and oxygen atoms in total. The van der Waals surface area contributed by atoms with Gasteiger partial charge in [-0.25, -0.2) is 20.0 Å². The molecule has 0 aromatic carbocycles.